The summed E-state index contributed by atoms with van der Waals surface area (Å²) in [5, 5.41) is 7.71. The van der Waals surface area contributed by atoms with E-state index in [9.17, 15) is 4.79 Å². The van der Waals surface area contributed by atoms with E-state index < -0.39 is 0 Å². The van der Waals surface area contributed by atoms with E-state index in [0.29, 0.717) is 11.8 Å². The quantitative estimate of drug-likeness (QED) is 0.814. The van der Waals surface area contributed by atoms with E-state index in [1.807, 2.05) is 0 Å². The van der Waals surface area contributed by atoms with E-state index in [1.54, 1.807) is 11.3 Å². The number of hydrogen-bond acceptors (Lipinski definition) is 3. The Labute approximate surface area is 142 Å². The van der Waals surface area contributed by atoms with Crippen LogP contribution in [0.1, 0.15) is 59.8 Å². The standard InChI is InChI=1S/C19H26N2OS/c1-11-9-15(11)12(2)21-19-17(18(22)20-10-13-7-8-13)14-5-3-4-6-16(14)23-19/h11,13,15,21H,2-10H2,1H3,(H,20,22). The van der Waals surface area contributed by atoms with Crippen LogP contribution in [0.15, 0.2) is 12.3 Å². The third-order valence-corrected chi connectivity index (χ3v) is 6.68. The predicted octanol–water partition coefficient (Wildman–Crippen LogP) is 4.35. The molecular weight excluding hydrogens is 304 g/mol. The van der Waals surface area contributed by atoms with Gasteiger partial charge in [-0.1, -0.05) is 13.5 Å². The van der Waals surface area contributed by atoms with Crippen molar-refractivity contribution in [3.8, 4) is 0 Å². The van der Waals surface area contributed by atoms with Gasteiger partial charge in [-0.2, -0.15) is 0 Å². The van der Waals surface area contributed by atoms with Crippen LogP contribution in [-0.4, -0.2) is 12.5 Å². The first-order valence-electron chi connectivity index (χ1n) is 9.02. The molecule has 3 nitrogen and oxygen atoms in total. The zero-order chi connectivity index (χ0) is 16.0. The molecule has 4 heteroatoms. The molecule has 0 aromatic carbocycles. The van der Waals surface area contributed by atoms with E-state index in [2.05, 4.69) is 24.1 Å². The maximum Gasteiger partial charge on any atom is 0.254 e. The molecule has 1 aromatic heterocycles. The van der Waals surface area contributed by atoms with Crippen molar-refractivity contribution >= 4 is 22.2 Å². The maximum absolute atomic E-state index is 12.8. The molecule has 2 saturated carbocycles. The van der Waals surface area contributed by atoms with Gasteiger partial charge in [0.05, 0.1) is 5.56 Å². The van der Waals surface area contributed by atoms with Crippen molar-refractivity contribution in [1.82, 2.24) is 5.32 Å². The fourth-order valence-corrected chi connectivity index (χ4v) is 4.91. The topological polar surface area (TPSA) is 41.1 Å². The predicted molar refractivity (Wildman–Crippen MR) is 96.1 cm³/mol. The number of carbonyl (C=O) groups excluding carboxylic acids is 1. The lowest BCUT2D eigenvalue weighted by molar-refractivity contribution is 0.0952. The first-order valence-corrected chi connectivity index (χ1v) is 9.83. The molecule has 0 radical (unpaired) electrons. The van der Waals surface area contributed by atoms with Gasteiger partial charge >= 0.3 is 0 Å². The number of thiophene rings is 1. The van der Waals surface area contributed by atoms with Crippen LogP contribution >= 0.6 is 11.3 Å². The minimum absolute atomic E-state index is 0.121. The average molecular weight is 330 g/mol. The second kappa shape index (κ2) is 5.97. The fraction of sp³-hybridized carbons (Fsp3) is 0.632. The number of carbonyl (C=O) groups is 1. The molecule has 2 N–H and O–H groups in total. The summed E-state index contributed by atoms with van der Waals surface area (Å²) in [6.07, 6.45) is 8.37. The maximum atomic E-state index is 12.8. The van der Waals surface area contributed by atoms with Crippen molar-refractivity contribution in [2.75, 3.05) is 11.9 Å². The van der Waals surface area contributed by atoms with Crippen LogP contribution in [0.2, 0.25) is 0 Å². The SMILES string of the molecule is C=C(Nc1sc2c(c1C(=O)NCC1CC1)CCCC2)C1CC1C. The number of nitrogens with one attached hydrogen (secondary N) is 2. The van der Waals surface area contributed by atoms with Crippen molar-refractivity contribution < 1.29 is 4.79 Å². The smallest absolute Gasteiger partial charge is 0.254 e. The second-order valence-corrected chi connectivity index (χ2v) is 8.64. The zero-order valence-corrected chi connectivity index (χ0v) is 14.7. The summed E-state index contributed by atoms with van der Waals surface area (Å²) in [6, 6.07) is 0. The number of fused-ring (bicyclic) bond motifs is 1. The molecule has 0 aliphatic heterocycles. The molecule has 0 saturated heterocycles. The van der Waals surface area contributed by atoms with Crippen LogP contribution in [0.5, 0.6) is 0 Å². The molecule has 124 valence electrons. The monoisotopic (exact) mass is 330 g/mol. The molecule has 0 spiro atoms. The van der Waals surface area contributed by atoms with Crippen molar-refractivity contribution in [2.24, 2.45) is 17.8 Å². The Balaban J connectivity index is 1.56. The molecule has 2 fully saturated rings. The highest BCUT2D eigenvalue weighted by Crippen LogP contribution is 2.45. The van der Waals surface area contributed by atoms with Gasteiger partial charge in [0.2, 0.25) is 0 Å². The van der Waals surface area contributed by atoms with E-state index in [-0.39, 0.29) is 5.91 Å². The molecule has 2 atom stereocenters. The van der Waals surface area contributed by atoms with E-state index >= 15 is 0 Å². The highest BCUT2D eigenvalue weighted by atomic mass is 32.1. The molecule has 1 amide bonds. The summed E-state index contributed by atoms with van der Waals surface area (Å²) in [5.41, 5.74) is 3.31. The molecular formula is C19H26N2OS. The van der Waals surface area contributed by atoms with Crippen LogP contribution in [0.3, 0.4) is 0 Å². The summed E-state index contributed by atoms with van der Waals surface area (Å²) in [4.78, 5) is 14.2. The Kier molecular flexibility index (Phi) is 3.96. The lowest BCUT2D eigenvalue weighted by Crippen LogP contribution is -2.27. The molecule has 23 heavy (non-hydrogen) atoms. The third kappa shape index (κ3) is 3.18. The van der Waals surface area contributed by atoms with E-state index in [4.69, 9.17) is 0 Å². The molecule has 3 aliphatic carbocycles. The summed E-state index contributed by atoms with van der Waals surface area (Å²) in [5.74, 6) is 2.15. The van der Waals surface area contributed by atoms with Gasteiger partial charge in [0, 0.05) is 23.0 Å². The van der Waals surface area contributed by atoms with Gasteiger partial charge in [-0.3, -0.25) is 4.79 Å². The minimum Gasteiger partial charge on any atom is -0.352 e. The van der Waals surface area contributed by atoms with Gasteiger partial charge in [-0.15, -0.1) is 11.3 Å². The number of hydrogen-bond donors (Lipinski definition) is 2. The number of allylic oxidation sites excluding steroid dienone is 1. The molecule has 4 rings (SSSR count). The van der Waals surface area contributed by atoms with Crippen LogP contribution in [0.25, 0.3) is 0 Å². The Morgan fingerprint density at radius 3 is 2.74 bits per heavy atom. The van der Waals surface area contributed by atoms with Crippen LogP contribution < -0.4 is 10.6 Å². The molecule has 3 aliphatic rings. The zero-order valence-electron chi connectivity index (χ0n) is 13.9. The highest BCUT2D eigenvalue weighted by Gasteiger charge is 2.36. The van der Waals surface area contributed by atoms with Crippen molar-refractivity contribution in [1.29, 1.82) is 0 Å². The lowest BCUT2D eigenvalue weighted by atomic mass is 9.95. The van der Waals surface area contributed by atoms with Gasteiger partial charge < -0.3 is 10.6 Å². The lowest BCUT2D eigenvalue weighted by Gasteiger charge is -2.14. The number of amides is 1. The van der Waals surface area contributed by atoms with Crippen molar-refractivity contribution in [3.63, 3.8) is 0 Å². The first kappa shape index (κ1) is 15.3. The molecule has 1 aromatic rings. The number of rotatable bonds is 6. The van der Waals surface area contributed by atoms with Gasteiger partial charge in [0.25, 0.3) is 5.91 Å². The number of anilines is 1. The Morgan fingerprint density at radius 2 is 2.04 bits per heavy atom. The van der Waals surface area contributed by atoms with Gasteiger partial charge in [-0.05, 0) is 62.3 Å². The highest BCUT2D eigenvalue weighted by molar-refractivity contribution is 7.16. The number of aryl methyl sites for hydroxylation is 1. The summed E-state index contributed by atoms with van der Waals surface area (Å²) < 4.78 is 0. The Bertz CT molecular complexity index is 644. The van der Waals surface area contributed by atoms with Crippen LogP contribution in [0.4, 0.5) is 5.00 Å². The third-order valence-electron chi connectivity index (χ3n) is 5.48. The van der Waals surface area contributed by atoms with Crippen molar-refractivity contribution in [3.05, 3.63) is 28.3 Å². The molecule has 1 heterocycles. The molecule has 2 unspecified atom stereocenters. The van der Waals surface area contributed by atoms with E-state index in [1.165, 1.54) is 42.5 Å². The summed E-state index contributed by atoms with van der Waals surface area (Å²) >= 11 is 1.78. The summed E-state index contributed by atoms with van der Waals surface area (Å²) in [7, 11) is 0. The van der Waals surface area contributed by atoms with E-state index in [0.717, 1.165) is 41.6 Å². The first-order chi connectivity index (χ1) is 11.1. The fourth-order valence-electron chi connectivity index (χ4n) is 3.59. The van der Waals surface area contributed by atoms with Gasteiger partial charge in [0.15, 0.2) is 0 Å². The Hall–Kier alpha value is -1.29. The second-order valence-electron chi connectivity index (χ2n) is 7.54. The summed E-state index contributed by atoms with van der Waals surface area (Å²) in [6.45, 7) is 7.32. The normalized spacial score (nSPS) is 25.6. The van der Waals surface area contributed by atoms with Crippen LogP contribution in [-0.2, 0) is 12.8 Å². The van der Waals surface area contributed by atoms with Crippen LogP contribution in [0, 0.1) is 17.8 Å². The average Bonchev–Trinajstić information content (AvgIpc) is 3.44. The van der Waals surface area contributed by atoms with Gasteiger partial charge in [-0.25, -0.2) is 0 Å². The Morgan fingerprint density at radius 1 is 1.30 bits per heavy atom. The minimum atomic E-state index is 0.121. The largest absolute Gasteiger partial charge is 0.352 e. The van der Waals surface area contributed by atoms with Gasteiger partial charge in [0.1, 0.15) is 5.00 Å². The molecule has 0 bridgehead atoms. The van der Waals surface area contributed by atoms with Crippen molar-refractivity contribution in [2.45, 2.75) is 51.9 Å².